The molecule has 6 heteroatoms. The Kier molecular flexibility index (Phi) is 6.36. The fourth-order valence-electron chi connectivity index (χ4n) is 3.88. The van der Waals surface area contributed by atoms with E-state index in [0.717, 1.165) is 11.7 Å². The molecule has 3 rings (SSSR count). The topological polar surface area (TPSA) is 36.9 Å². The monoisotopic (exact) mass is 352 g/mol. The van der Waals surface area contributed by atoms with Gasteiger partial charge in [0.2, 0.25) is 5.16 Å². The van der Waals surface area contributed by atoms with Crippen molar-refractivity contribution < 1.29 is 0 Å². The van der Waals surface area contributed by atoms with Gasteiger partial charge in [-0.25, -0.2) is 4.31 Å². The molecule has 2 saturated carbocycles. The highest BCUT2D eigenvalue weighted by atomic mass is 32.2. The maximum absolute atomic E-state index is 5.37. The van der Waals surface area contributed by atoms with Gasteiger partial charge in [-0.2, -0.15) is 0 Å². The van der Waals surface area contributed by atoms with Gasteiger partial charge >= 0.3 is 0 Å². The fourth-order valence-corrected chi connectivity index (χ4v) is 5.40. The van der Waals surface area contributed by atoms with Crippen LogP contribution in [0.4, 0.5) is 0 Å². The van der Waals surface area contributed by atoms with Crippen molar-refractivity contribution in [1.29, 1.82) is 0 Å². The summed E-state index contributed by atoms with van der Waals surface area (Å²) in [6.07, 6.45) is 15.5. The van der Waals surface area contributed by atoms with Crippen LogP contribution in [-0.4, -0.2) is 31.2 Å². The van der Waals surface area contributed by atoms with Crippen molar-refractivity contribution in [3.63, 3.8) is 0 Å². The van der Waals surface area contributed by atoms with Gasteiger partial charge in [0.05, 0.1) is 0 Å². The van der Waals surface area contributed by atoms with E-state index in [1.54, 1.807) is 0 Å². The van der Waals surface area contributed by atoms with E-state index in [0.29, 0.717) is 16.9 Å². The Balaban J connectivity index is 1.79. The predicted molar refractivity (Wildman–Crippen MR) is 99.1 cm³/mol. The minimum atomic E-state index is 0.694. The van der Waals surface area contributed by atoms with Crippen molar-refractivity contribution in [2.24, 2.45) is 0 Å². The molecule has 0 unspecified atom stereocenters. The molecule has 1 N–H and O–H groups in total. The second kappa shape index (κ2) is 8.49. The van der Waals surface area contributed by atoms with E-state index in [4.69, 9.17) is 12.2 Å². The van der Waals surface area contributed by atoms with Crippen LogP contribution in [0.1, 0.15) is 64.2 Å². The minimum absolute atomic E-state index is 0.694. The van der Waals surface area contributed by atoms with Crippen LogP contribution < -0.4 is 0 Å². The van der Waals surface area contributed by atoms with E-state index >= 15 is 0 Å². The standard InChI is InChI=1S/C17H28N4S2/c1-2-13-20-16(22)18-19-17(20)23-21(14-9-5-3-6-10-14)15-11-7-4-8-12-15/h2,14-15H,1,3-13H2,(H,18,22). The Morgan fingerprint density at radius 3 is 2.22 bits per heavy atom. The van der Waals surface area contributed by atoms with Crippen LogP contribution >= 0.6 is 24.2 Å². The molecule has 128 valence electrons. The summed E-state index contributed by atoms with van der Waals surface area (Å²) in [7, 11) is 0. The molecule has 0 amide bonds. The van der Waals surface area contributed by atoms with Gasteiger partial charge in [0.1, 0.15) is 0 Å². The van der Waals surface area contributed by atoms with Gasteiger partial charge in [-0.05, 0) is 49.8 Å². The Labute approximate surface area is 148 Å². The van der Waals surface area contributed by atoms with Crippen LogP contribution in [-0.2, 0) is 6.54 Å². The Hall–Kier alpha value is -0.590. The molecule has 4 nitrogen and oxygen atoms in total. The number of aromatic nitrogens is 3. The molecule has 0 atom stereocenters. The molecule has 0 bridgehead atoms. The lowest BCUT2D eigenvalue weighted by Crippen LogP contribution is -2.40. The molecule has 0 aromatic carbocycles. The van der Waals surface area contributed by atoms with Gasteiger partial charge in [0.25, 0.3) is 0 Å². The zero-order chi connectivity index (χ0) is 16.1. The number of nitrogens with zero attached hydrogens (tertiary/aromatic N) is 3. The molecular weight excluding hydrogens is 324 g/mol. The van der Waals surface area contributed by atoms with Crippen molar-refractivity contribution in [2.45, 2.75) is 88.0 Å². The van der Waals surface area contributed by atoms with Crippen LogP contribution in [0.15, 0.2) is 17.8 Å². The summed E-state index contributed by atoms with van der Waals surface area (Å²) >= 11 is 7.20. The maximum Gasteiger partial charge on any atom is 0.205 e. The Morgan fingerprint density at radius 1 is 1.13 bits per heavy atom. The summed E-state index contributed by atoms with van der Waals surface area (Å²) in [6, 6.07) is 1.39. The number of nitrogens with one attached hydrogen (secondary N) is 1. The summed E-state index contributed by atoms with van der Waals surface area (Å²) in [5, 5.41) is 8.43. The fraction of sp³-hybridized carbons (Fsp3) is 0.765. The van der Waals surface area contributed by atoms with Crippen molar-refractivity contribution in [3.8, 4) is 0 Å². The molecule has 1 aromatic heterocycles. The van der Waals surface area contributed by atoms with Gasteiger partial charge in [-0.15, -0.1) is 11.7 Å². The number of rotatable bonds is 6. The molecule has 1 heterocycles. The van der Waals surface area contributed by atoms with E-state index in [2.05, 4.69) is 25.6 Å². The Bertz CT molecular complexity index is 535. The van der Waals surface area contributed by atoms with Crippen molar-refractivity contribution in [2.75, 3.05) is 0 Å². The summed E-state index contributed by atoms with van der Waals surface area (Å²) in [4.78, 5) is 0. The van der Waals surface area contributed by atoms with Gasteiger partial charge in [0.15, 0.2) is 4.77 Å². The lowest BCUT2D eigenvalue weighted by atomic mass is 9.91. The van der Waals surface area contributed by atoms with Crippen LogP contribution in [0.3, 0.4) is 0 Å². The third-order valence-corrected chi connectivity index (χ3v) is 6.68. The second-order valence-electron chi connectivity index (χ2n) is 6.75. The number of aromatic amines is 1. The van der Waals surface area contributed by atoms with Crippen LogP contribution in [0.2, 0.25) is 0 Å². The van der Waals surface area contributed by atoms with E-state index in [1.807, 2.05) is 18.0 Å². The molecule has 0 spiro atoms. The highest BCUT2D eigenvalue weighted by Gasteiger charge is 2.31. The molecule has 2 aliphatic carbocycles. The molecule has 0 saturated heterocycles. The van der Waals surface area contributed by atoms with Crippen molar-refractivity contribution in [1.82, 2.24) is 19.1 Å². The first-order valence-electron chi connectivity index (χ1n) is 9.02. The zero-order valence-corrected chi connectivity index (χ0v) is 15.5. The molecule has 2 aliphatic rings. The van der Waals surface area contributed by atoms with E-state index in [-0.39, 0.29) is 0 Å². The lowest BCUT2D eigenvalue weighted by molar-refractivity contribution is 0.184. The minimum Gasteiger partial charge on any atom is -0.290 e. The van der Waals surface area contributed by atoms with Crippen molar-refractivity contribution >= 4 is 24.2 Å². The van der Waals surface area contributed by atoms with Gasteiger partial charge < -0.3 is 0 Å². The normalized spacial score (nSPS) is 20.9. The SMILES string of the molecule is C=CCn1c(SN(C2CCCCC2)C2CCCCC2)n[nH]c1=S. The second-order valence-corrected chi connectivity index (χ2v) is 8.10. The third-order valence-electron chi connectivity index (χ3n) is 5.09. The quantitative estimate of drug-likeness (QED) is 0.439. The molecule has 1 aromatic rings. The van der Waals surface area contributed by atoms with E-state index in [1.165, 1.54) is 64.2 Å². The highest BCUT2D eigenvalue weighted by molar-refractivity contribution is 7.96. The van der Waals surface area contributed by atoms with Gasteiger partial charge in [0, 0.05) is 18.6 Å². The molecule has 0 aliphatic heterocycles. The Morgan fingerprint density at radius 2 is 1.70 bits per heavy atom. The predicted octanol–water partition coefficient (Wildman–Crippen LogP) is 5.10. The van der Waals surface area contributed by atoms with Crippen molar-refractivity contribution in [3.05, 3.63) is 17.4 Å². The van der Waals surface area contributed by atoms with Gasteiger partial charge in [-0.1, -0.05) is 44.6 Å². The largest absolute Gasteiger partial charge is 0.290 e. The molecule has 2 fully saturated rings. The number of hydrogen-bond acceptors (Lipinski definition) is 4. The van der Waals surface area contributed by atoms with E-state index in [9.17, 15) is 0 Å². The first-order valence-corrected chi connectivity index (χ1v) is 10.2. The summed E-state index contributed by atoms with van der Waals surface area (Å²) in [5.74, 6) is 0. The average Bonchev–Trinajstić information content (AvgIpc) is 2.95. The molecule has 0 radical (unpaired) electrons. The number of allylic oxidation sites excluding steroid dienone is 1. The van der Waals surface area contributed by atoms with Crippen LogP contribution in [0.25, 0.3) is 0 Å². The zero-order valence-electron chi connectivity index (χ0n) is 13.9. The maximum atomic E-state index is 5.37. The number of H-pyrrole nitrogens is 1. The third kappa shape index (κ3) is 4.28. The first-order chi connectivity index (χ1) is 11.3. The first kappa shape index (κ1) is 17.2. The number of hydrogen-bond donors (Lipinski definition) is 1. The highest BCUT2D eigenvalue weighted by Crippen LogP contribution is 2.37. The lowest BCUT2D eigenvalue weighted by Gasteiger charge is -2.40. The summed E-state index contributed by atoms with van der Waals surface area (Å²) in [6.45, 7) is 4.57. The molecular formula is C17H28N4S2. The van der Waals surface area contributed by atoms with Gasteiger partial charge in [-0.3, -0.25) is 9.67 Å². The summed E-state index contributed by atoms with van der Waals surface area (Å²) < 4.78 is 5.44. The van der Waals surface area contributed by atoms with Crippen LogP contribution in [0, 0.1) is 4.77 Å². The van der Waals surface area contributed by atoms with E-state index < -0.39 is 0 Å². The average molecular weight is 353 g/mol. The molecule has 23 heavy (non-hydrogen) atoms. The van der Waals surface area contributed by atoms with Crippen LogP contribution in [0.5, 0.6) is 0 Å². The smallest absolute Gasteiger partial charge is 0.205 e. The summed E-state index contributed by atoms with van der Waals surface area (Å²) in [5.41, 5.74) is 0.